The second-order valence-corrected chi connectivity index (χ2v) is 7.58. The van der Waals surface area contributed by atoms with E-state index >= 15 is 0 Å². The molecule has 1 atom stereocenters. The Morgan fingerprint density at radius 1 is 1.10 bits per heavy atom. The van der Waals surface area contributed by atoms with E-state index in [1.54, 1.807) is 0 Å². The number of hydrogen-bond acceptors (Lipinski definition) is 3. The van der Waals surface area contributed by atoms with Crippen molar-refractivity contribution in [2.45, 2.75) is 38.1 Å². The van der Waals surface area contributed by atoms with Gasteiger partial charge in [0, 0.05) is 32.1 Å². The average molecular weight is 277 g/mol. The fourth-order valence-electron chi connectivity index (χ4n) is 5.78. The summed E-state index contributed by atoms with van der Waals surface area (Å²) in [4.78, 5) is 15.2. The fraction of sp³-hybridized carbons (Fsp3) is 0.938. The van der Waals surface area contributed by atoms with E-state index in [9.17, 15) is 4.79 Å². The van der Waals surface area contributed by atoms with Crippen molar-refractivity contribution in [1.82, 2.24) is 10.2 Å². The molecule has 0 aromatic carbocycles. The molecule has 5 aliphatic rings. The van der Waals surface area contributed by atoms with Crippen molar-refractivity contribution in [3.05, 3.63) is 0 Å². The number of nitrogens with two attached hydrogens (primary N) is 1. The molecule has 1 saturated heterocycles. The molecule has 1 unspecified atom stereocenters. The Balaban J connectivity index is 1.53. The largest absolute Gasteiger partial charge is 0.336 e. The summed E-state index contributed by atoms with van der Waals surface area (Å²) in [6, 6.07) is 0.216. The zero-order chi connectivity index (χ0) is 13.7. The third-order valence-corrected chi connectivity index (χ3v) is 6.42. The van der Waals surface area contributed by atoms with Crippen LogP contribution in [0.4, 0.5) is 0 Å². The van der Waals surface area contributed by atoms with Gasteiger partial charge in [0.15, 0.2) is 0 Å². The summed E-state index contributed by atoms with van der Waals surface area (Å²) < 4.78 is 0. The van der Waals surface area contributed by atoms with Crippen molar-refractivity contribution < 1.29 is 4.79 Å². The predicted octanol–water partition coefficient (Wildman–Crippen LogP) is 0.818. The molecule has 0 spiro atoms. The molecular formula is C16H27N3O. The summed E-state index contributed by atoms with van der Waals surface area (Å²) in [5.74, 6) is 4.02. The Hall–Kier alpha value is -0.610. The number of hydrogen-bond donors (Lipinski definition) is 2. The number of piperazine rings is 1. The van der Waals surface area contributed by atoms with E-state index in [4.69, 9.17) is 5.73 Å². The molecule has 4 nitrogen and oxygen atoms in total. The van der Waals surface area contributed by atoms with E-state index in [2.05, 4.69) is 10.2 Å². The second-order valence-electron chi connectivity index (χ2n) is 7.58. The van der Waals surface area contributed by atoms with Gasteiger partial charge in [-0.05, 0) is 55.8 Å². The first-order chi connectivity index (χ1) is 9.76. The van der Waals surface area contributed by atoms with Crippen LogP contribution in [-0.4, -0.2) is 43.0 Å². The van der Waals surface area contributed by atoms with E-state index in [0.29, 0.717) is 30.2 Å². The highest BCUT2D eigenvalue weighted by Crippen LogP contribution is 2.56. The maximum Gasteiger partial charge on any atom is 0.226 e. The lowest BCUT2D eigenvalue weighted by Gasteiger charge is -2.55. The lowest BCUT2D eigenvalue weighted by atomic mass is 9.51. The summed E-state index contributed by atoms with van der Waals surface area (Å²) in [6.45, 7) is 3.24. The SMILES string of the molecule is NCC1CNCCN1C(=O)C1C2CC3CC(C2)CC1C3. The second kappa shape index (κ2) is 4.99. The van der Waals surface area contributed by atoms with Crippen LogP contribution in [0.15, 0.2) is 0 Å². The highest BCUT2D eigenvalue weighted by molar-refractivity contribution is 5.80. The minimum Gasteiger partial charge on any atom is -0.336 e. The standard InChI is InChI=1S/C16H27N3O/c17-8-14-9-18-1-2-19(14)16(20)15-12-4-10-3-11(6-12)7-13(15)5-10/h10-15,18H,1-9,17H2. The van der Waals surface area contributed by atoms with Gasteiger partial charge in [-0.2, -0.15) is 0 Å². The van der Waals surface area contributed by atoms with Crippen LogP contribution in [-0.2, 0) is 4.79 Å². The van der Waals surface area contributed by atoms with Crippen LogP contribution >= 0.6 is 0 Å². The number of rotatable bonds is 2. The molecule has 4 heteroatoms. The molecule has 4 aliphatic carbocycles. The molecule has 5 fully saturated rings. The van der Waals surface area contributed by atoms with Gasteiger partial charge in [-0.15, -0.1) is 0 Å². The van der Waals surface area contributed by atoms with Gasteiger partial charge in [-0.1, -0.05) is 0 Å². The minimum absolute atomic E-state index is 0.216. The van der Waals surface area contributed by atoms with Gasteiger partial charge >= 0.3 is 0 Å². The number of carbonyl (C=O) groups is 1. The Kier molecular flexibility index (Phi) is 3.26. The molecule has 1 amide bonds. The van der Waals surface area contributed by atoms with Crippen LogP contribution in [0.25, 0.3) is 0 Å². The quantitative estimate of drug-likeness (QED) is 0.785. The molecule has 1 heterocycles. The van der Waals surface area contributed by atoms with Gasteiger partial charge in [0.05, 0.1) is 6.04 Å². The van der Waals surface area contributed by atoms with Crippen molar-refractivity contribution in [1.29, 1.82) is 0 Å². The van der Waals surface area contributed by atoms with Gasteiger partial charge in [0.25, 0.3) is 0 Å². The molecule has 20 heavy (non-hydrogen) atoms. The number of nitrogens with one attached hydrogen (secondary N) is 1. The smallest absolute Gasteiger partial charge is 0.226 e. The molecule has 0 aromatic rings. The monoisotopic (exact) mass is 277 g/mol. The van der Waals surface area contributed by atoms with Crippen molar-refractivity contribution in [3.63, 3.8) is 0 Å². The first-order valence-corrected chi connectivity index (χ1v) is 8.47. The van der Waals surface area contributed by atoms with Crippen molar-refractivity contribution in [2.75, 3.05) is 26.2 Å². The highest BCUT2D eigenvalue weighted by Gasteiger charge is 2.52. The molecule has 112 valence electrons. The maximum atomic E-state index is 13.1. The zero-order valence-electron chi connectivity index (χ0n) is 12.3. The third-order valence-electron chi connectivity index (χ3n) is 6.42. The van der Waals surface area contributed by atoms with Crippen LogP contribution in [0.2, 0.25) is 0 Å². The van der Waals surface area contributed by atoms with E-state index in [1.165, 1.54) is 32.1 Å². The Labute approximate surface area is 121 Å². The zero-order valence-corrected chi connectivity index (χ0v) is 12.3. The van der Waals surface area contributed by atoms with Gasteiger partial charge in [-0.3, -0.25) is 4.79 Å². The number of nitrogens with zero attached hydrogens (tertiary/aromatic N) is 1. The third kappa shape index (κ3) is 2.00. The lowest BCUT2D eigenvalue weighted by Crippen LogP contribution is -2.60. The van der Waals surface area contributed by atoms with E-state index < -0.39 is 0 Å². The summed E-state index contributed by atoms with van der Waals surface area (Å²) in [5.41, 5.74) is 5.87. The van der Waals surface area contributed by atoms with Crippen molar-refractivity contribution in [2.24, 2.45) is 35.3 Å². The summed E-state index contributed by atoms with van der Waals surface area (Å²) in [5, 5.41) is 3.36. The summed E-state index contributed by atoms with van der Waals surface area (Å²) in [6.07, 6.45) is 6.74. The van der Waals surface area contributed by atoms with Gasteiger partial charge in [-0.25, -0.2) is 0 Å². The maximum absolute atomic E-state index is 13.1. The highest BCUT2D eigenvalue weighted by atomic mass is 16.2. The normalized spacial score (nSPS) is 46.8. The molecule has 5 rings (SSSR count). The van der Waals surface area contributed by atoms with E-state index in [0.717, 1.165) is 31.5 Å². The minimum atomic E-state index is 0.216. The van der Waals surface area contributed by atoms with E-state index in [-0.39, 0.29) is 6.04 Å². The molecule has 0 aromatic heterocycles. The molecular weight excluding hydrogens is 250 g/mol. The number of carbonyl (C=O) groups excluding carboxylic acids is 1. The van der Waals surface area contributed by atoms with Gasteiger partial charge < -0.3 is 16.0 Å². The van der Waals surface area contributed by atoms with Crippen LogP contribution in [0.1, 0.15) is 32.1 Å². The molecule has 4 bridgehead atoms. The van der Waals surface area contributed by atoms with Crippen LogP contribution in [0, 0.1) is 29.6 Å². The van der Waals surface area contributed by atoms with Crippen molar-refractivity contribution in [3.8, 4) is 0 Å². The Morgan fingerprint density at radius 2 is 1.75 bits per heavy atom. The first-order valence-electron chi connectivity index (χ1n) is 8.47. The Bertz CT molecular complexity index is 369. The number of amides is 1. The predicted molar refractivity (Wildman–Crippen MR) is 78.0 cm³/mol. The Morgan fingerprint density at radius 3 is 2.35 bits per heavy atom. The molecule has 3 N–H and O–H groups in total. The van der Waals surface area contributed by atoms with Gasteiger partial charge in [0.1, 0.15) is 0 Å². The average Bonchev–Trinajstić information content (AvgIpc) is 2.46. The van der Waals surface area contributed by atoms with Crippen LogP contribution in [0.3, 0.4) is 0 Å². The molecule has 0 radical (unpaired) electrons. The molecule has 1 aliphatic heterocycles. The topological polar surface area (TPSA) is 58.4 Å². The fourth-order valence-corrected chi connectivity index (χ4v) is 5.78. The van der Waals surface area contributed by atoms with Crippen LogP contribution in [0.5, 0.6) is 0 Å². The lowest BCUT2D eigenvalue weighted by molar-refractivity contribution is -0.152. The first kappa shape index (κ1) is 13.1. The van der Waals surface area contributed by atoms with Crippen molar-refractivity contribution >= 4 is 5.91 Å². The molecule has 4 saturated carbocycles. The van der Waals surface area contributed by atoms with E-state index in [1.807, 2.05) is 0 Å². The van der Waals surface area contributed by atoms with Gasteiger partial charge in [0.2, 0.25) is 5.91 Å². The summed E-state index contributed by atoms with van der Waals surface area (Å²) in [7, 11) is 0. The summed E-state index contributed by atoms with van der Waals surface area (Å²) >= 11 is 0. The van der Waals surface area contributed by atoms with Crippen LogP contribution < -0.4 is 11.1 Å².